The Morgan fingerprint density at radius 1 is 1.45 bits per heavy atom. The maximum Gasteiger partial charge on any atom is 0.125 e. The minimum absolute atomic E-state index is 0.336. The quantitative estimate of drug-likeness (QED) is 0.906. The number of rotatable bonds is 5. The highest BCUT2D eigenvalue weighted by Crippen LogP contribution is 2.39. The van der Waals surface area contributed by atoms with Gasteiger partial charge in [0.25, 0.3) is 0 Å². The molecule has 1 unspecified atom stereocenters. The van der Waals surface area contributed by atoms with E-state index in [-0.39, 0.29) is 0 Å². The molecule has 4 nitrogen and oxygen atoms in total. The van der Waals surface area contributed by atoms with Crippen LogP contribution in [0.3, 0.4) is 0 Å². The maximum atomic E-state index is 9.48. The smallest absolute Gasteiger partial charge is 0.125 e. The molecule has 1 aromatic heterocycles. The van der Waals surface area contributed by atoms with Crippen LogP contribution in [0.5, 0.6) is 0 Å². The van der Waals surface area contributed by atoms with Gasteiger partial charge in [0.15, 0.2) is 0 Å². The molecule has 1 saturated carbocycles. The van der Waals surface area contributed by atoms with Crippen molar-refractivity contribution < 1.29 is 0 Å². The number of nitrogens with two attached hydrogens (primary N) is 1. The second-order valence-electron chi connectivity index (χ2n) is 5.78. The van der Waals surface area contributed by atoms with Crippen LogP contribution in [-0.4, -0.2) is 15.1 Å². The number of benzene rings is 1. The molecule has 1 heterocycles. The van der Waals surface area contributed by atoms with Gasteiger partial charge in [-0.3, -0.25) is 0 Å². The third-order valence-electron chi connectivity index (χ3n) is 4.14. The summed E-state index contributed by atoms with van der Waals surface area (Å²) in [6, 6.07) is 10.4. The highest BCUT2D eigenvalue weighted by molar-refractivity contribution is 5.76. The lowest BCUT2D eigenvalue weighted by Crippen LogP contribution is -2.45. The number of nitriles is 1. The van der Waals surface area contributed by atoms with Crippen LogP contribution in [0.15, 0.2) is 24.3 Å². The highest BCUT2D eigenvalue weighted by atomic mass is 15.1. The number of hydrogen-bond donors (Lipinski definition) is 1. The van der Waals surface area contributed by atoms with Crippen molar-refractivity contribution in [1.82, 2.24) is 9.55 Å². The normalized spacial score (nSPS) is 17.9. The summed E-state index contributed by atoms with van der Waals surface area (Å²) in [5.41, 5.74) is 7.66. The summed E-state index contributed by atoms with van der Waals surface area (Å²) in [7, 11) is 0. The largest absolute Gasteiger partial charge is 0.325 e. The van der Waals surface area contributed by atoms with E-state index in [0.717, 1.165) is 42.5 Å². The Bertz CT molecular complexity index is 663. The molecule has 1 aliphatic rings. The topological polar surface area (TPSA) is 67.6 Å². The van der Waals surface area contributed by atoms with E-state index in [0.29, 0.717) is 12.5 Å². The van der Waals surface area contributed by atoms with Gasteiger partial charge in [0.2, 0.25) is 0 Å². The first-order valence-electron chi connectivity index (χ1n) is 7.32. The van der Waals surface area contributed by atoms with E-state index in [1.165, 1.54) is 0 Å². The molecule has 1 aliphatic carbocycles. The number of para-hydroxylation sites is 2. The fraction of sp³-hybridized carbons (Fsp3) is 0.500. The van der Waals surface area contributed by atoms with Crippen LogP contribution in [0.4, 0.5) is 0 Å². The Morgan fingerprint density at radius 3 is 2.85 bits per heavy atom. The molecule has 0 saturated heterocycles. The summed E-state index contributed by atoms with van der Waals surface area (Å²) in [5, 5.41) is 9.48. The van der Waals surface area contributed by atoms with Gasteiger partial charge in [-0.05, 0) is 37.3 Å². The molecule has 1 aromatic carbocycles. The number of hydrogen-bond acceptors (Lipinski definition) is 3. The molecule has 0 spiro atoms. The average molecular weight is 268 g/mol. The van der Waals surface area contributed by atoms with E-state index in [4.69, 9.17) is 10.7 Å². The first-order valence-corrected chi connectivity index (χ1v) is 7.32. The molecule has 0 bridgehead atoms. The molecule has 0 aliphatic heterocycles. The second kappa shape index (κ2) is 4.92. The van der Waals surface area contributed by atoms with Gasteiger partial charge >= 0.3 is 0 Å². The van der Waals surface area contributed by atoms with Crippen molar-refractivity contribution in [2.75, 3.05) is 0 Å². The van der Waals surface area contributed by atoms with Gasteiger partial charge in [-0.15, -0.1) is 0 Å². The average Bonchev–Trinajstić information content (AvgIpc) is 3.26. The fourth-order valence-corrected chi connectivity index (χ4v) is 2.83. The molecular weight excluding hydrogens is 248 g/mol. The lowest BCUT2D eigenvalue weighted by molar-refractivity contribution is 0.403. The minimum atomic E-state index is -0.758. The number of fused-ring (bicyclic) bond motifs is 1. The van der Waals surface area contributed by atoms with Gasteiger partial charge in [0.1, 0.15) is 11.4 Å². The monoisotopic (exact) mass is 268 g/mol. The predicted molar refractivity (Wildman–Crippen MR) is 79.0 cm³/mol. The van der Waals surface area contributed by atoms with Crippen LogP contribution in [0.25, 0.3) is 11.0 Å². The van der Waals surface area contributed by atoms with E-state index in [1.54, 1.807) is 0 Å². The summed E-state index contributed by atoms with van der Waals surface area (Å²) >= 11 is 0. The Hall–Kier alpha value is -1.86. The van der Waals surface area contributed by atoms with Crippen LogP contribution >= 0.6 is 0 Å². The second-order valence-corrected chi connectivity index (χ2v) is 5.78. The zero-order chi connectivity index (χ0) is 14.2. The standard InChI is InChI=1S/C16H20N4/c1-2-5-15-19-13-6-3-4-7-14(13)20(15)11-16(18,10-17)12-8-9-12/h3-4,6-7,12H,2,5,8-9,11,18H2,1H3. The van der Waals surface area contributed by atoms with Crippen molar-refractivity contribution in [2.45, 2.75) is 44.7 Å². The number of imidazole rings is 1. The number of aromatic nitrogens is 2. The van der Waals surface area contributed by atoms with Gasteiger partial charge in [0.05, 0.1) is 23.6 Å². The third kappa shape index (κ3) is 2.19. The molecule has 20 heavy (non-hydrogen) atoms. The van der Waals surface area contributed by atoms with Crippen LogP contribution in [-0.2, 0) is 13.0 Å². The molecule has 104 valence electrons. The predicted octanol–water partition coefficient (Wildman–Crippen LogP) is 2.62. The first-order chi connectivity index (χ1) is 9.68. The number of nitrogens with zero attached hydrogens (tertiary/aromatic N) is 3. The molecule has 1 atom stereocenters. The molecular formula is C16H20N4. The van der Waals surface area contributed by atoms with Crippen LogP contribution < -0.4 is 5.73 Å². The van der Waals surface area contributed by atoms with Gasteiger partial charge in [-0.25, -0.2) is 4.98 Å². The van der Waals surface area contributed by atoms with Crippen LogP contribution in [0, 0.1) is 17.2 Å². The molecule has 1 fully saturated rings. The Kier molecular flexibility index (Phi) is 3.23. The summed E-state index contributed by atoms with van der Waals surface area (Å²) in [5.74, 6) is 1.38. The minimum Gasteiger partial charge on any atom is -0.325 e. The summed E-state index contributed by atoms with van der Waals surface area (Å²) in [6.45, 7) is 2.69. The highest BCUT2D eigenvalue weighted by Gasteiger charge is 2.43. The van der Waals surface area contributed by atoms with Crippen molar-refractivity contribution in [3.63, 3.8) is 0 Å². The van der Waals surface area contributed by atoms with E-state index in [1.807, 2.05) is 18.2 Å². The van der Waals surface area contributed by atoms with Crippen molar-refractivity contribution in [3.8, 4) is 6.07 Å². The fourth-order valence-electron chi connectivity index (χ4n) is 2.83. The Morgan fingerprint density at radius 2 is 2.20 bits per heavy atom. The summed E-state index contributed by atoms with van der Waals surface area (Å²) in [4.78, 5) is 4.70. The van der Waals surface area contributed by atoms with Gasteiger partial charge in [0, 0.05) is 6.42 Å². The zero-order valence-corrected chi connectivity index (χ0v) is 11.8. The van der Waals surface area contributed by atoms with Crippen molar-refractivity contribution in [1.29, 1.82) is 5.26 Å². The maximum absolute atomic E-state index is 9.48. The van der Waals surface area contributed by atoms with Crippen molar-refractivity contribution >= 4 is 11.0 Å². The third-order valence-corrected chi connectivity index (χ3v) is 4.14. The molecule has 4 heteroatoms. The molecule has 0 amide bonds. The Balaban J connectivity index is 2.04. The van der Waals surface area contributed by atoms with E-state index in [2.05, 4.69) is 23.6 Å². The molecule has 2 N–H and O–H groups in total. The summed E-state index contributed by atoms with van der Waals surface area (Å²) < 4.78 is 2.15. The zero-order valence-electron chi connectivity index (χ0n) is 11.8. The first kappa shape index (κ1) is 13.1. The van der Waals surface area contributed by atoms with Crippen molar-refractivity contribution in [3.05, 3.63) is 30.1 Å². The lowest BCUT2D eigenvalue weighted by Gasteiger charge is -2.23. The van der Waals surface area contributed by atoms with E-state index in [9.17, 15) is 5.26 Å². The van der Waals surface area contributed by atoms with Crippen LogP contribution in [0.1, 0.15) is 32.0 Å². The molecule has 2 aromatic rings. The van der Waals surface area contributed by atoms with Crippen molar-refractivity contribution in [2.24, 2.45) is 11.7 Å². The number of aryl methyl sites for hydroxylation is 1. The SMILES string of the molecule is CCCc1nc2ccccc2n1CC(N)(C#N)C1CC1. The summed E-state index contributed by atoms with van der Waals surface area (Å²) in [6.07, 6.45) is 4.09. The van der Waals surface area contributed by atoms with E-state index >= 15 is 0 Å². The van der Waals surface area contributed by atoms with Crippen LogP contribution in [0.2, 0.25) is 0 Å². The van der Waals surface area contributed by atoms with Gasteiger partial charge in [-0.1, -0.05) is 19.1 Å². The molecule has 0 radical (unpaired) electrons. The molecule has 3 rings (SSSR count). The Labute approximate surface area is 119 Å². The van der Waals surface area contributed by atoms with Gasteiger partial charge in [-0.2, -0.15) is 5.26 Å². The van der Waals surface area contributed by atoms with E-state index < -0.39 is 5.54 Å². The lowest BCUT2D eigenvalue weighted by atomic mass is 9.96. The van der Waals surface area contributed by atoms with Gasteiger partial charge < -0.3 is 10.3 Å².